The Balaban J connectivity index is 0. The van der Waals surface area contributed by atoms with Crippen molar-refractivity contribution in [2.75, 3.05) is 0 Å². The number of hydrogen-bond donors (Lipinski definition) is 0. The molecule has 0 heterocycles. The molecule has 5 heavy (non-hydrogen) atoms. The summed E-state index contributed by atoms with van der Waals surface area (Å²) in [7, 11) is 0. The van der Waals surface area contributed by atoms with Gasteiger partial charge in [-0.05, 0) is 0 Å². The van der Waals surface area contributed by atoms with Gasteiger partial charge in [0.15, 0.2) is 0 Å². The van der Waals surface area contributed by atoms with Crippen molar-refractivity contribution in [2.45, 2.75) is 0 Å². The van der Waals surface area contributed by atoms with E-state index in [4.69, 9.17) is 0 Å². The van der Waals surface area contributed by atoms with Gasteiger partial charge in [-0.15, -0.1) is 0 Å². The number of hydrogen-bond acceptors (Lipinski definition) is 0. The van der Waals surface area contributed by atoms with Gasteiger partial charge in [0.05, 0.1) is 0 Å². The monoisotopic (exact) mass is 380 g/mol. The molecule has 0 unspecified atom stereocenters. The van der Waals surface area contributed by atoms with Crippen molar-refractivity contribution in [1.82, 2.24) is 0 Å². The predicted octanol–water partition coefficient (Wildman–Crippen LogP) is -4.58. The Morgan fingerprint density at radius 2 is 0.200 bits per heavy atom. The van der Waals surface area contributed by atoms with Gasteiger partial charge in [0, 0.05) is 0 Å². The summed E-state index contributed by atoms with van der Waals surface area (Å²) in [5.74, 6) is 0. The van der Waals surface area contributed by atoms with E-state index < -0.39 is 0 Å². The van der Waals surface area contributed by atoms with Crippen LogP contribution in [0, 0.1) is 0 Å². The van der Waals surface area contributed by atoms with E-state index in [2.05, 4.69) is 0 Å². The second kappa shape index (κ2) is 29.8. The molecule has 0 nitrogen and oxygen atoms in total. The summed E-state index contributed by atoms with van der Waals surface area (Å²) >= 11 is 0. The first-order valence-electron chi connectivity index (χ1n) is 0. The standard InChI is InChI=1S/5GeH2/h5*1H2. The minimum absolute atomic E-state index is 0. The SMILES string of the molecule is [GeH2].[GeH2].[GeH2].[GeH2].[GeH2]. The zero-order chi connectivity index (χ0) is 0. The van der Waals surface area contributed by atoms with Crippen LogP contribution in [0.25, 0.3) is 0 Å². The maximum absolute atomic E-state index is 0. The van der Waals surface area contributed by atoms with E-state index in [0.29, 0.717) is 0 Å². The van der Waals surface area contributed by atoms with Crippen molar-refractivity contribution in [1.29, 1.82) is 0 Å². The van der Waals surface area contributed by atoms with E-state index in [1.807, 2.05) is 0 Å². The van der Waals surface area contributed by atoms with Gasteiger partial charge < -0.3 is 0 Å². The molecule has 0 aliphatic heterocycles. The van der Waals surface area contributed by atoms with E-state index in [9.17, 15) is 0 Å². The molecule has 0 fully saturated rings. The molecule has 0 atom stereocenters. The van der Waals surface area contributed by atoms with Crippen molar-refractivity contribution >= 4 is 88.0 Å². The Morgan fingerprint density at radius 1 is 0.200 bits per heavy atom. The van der Waals surface area contributed by atoms with Gasteiger partial charge in [0.25, 0.3) is 0 Å². The second-order valence-corrected chi connectivity index (χ2v) is 0. The zero-order valence-corrected chi connectivity index (χ0v) is 18.4. The summed E-state index contributed by atoms with van der Waals surface area (Å²) in [5, 5.41) is 0. The molecule has 0 aliphatic rings. The summed E-state index contributed by atoms with van der Waals surface area (Å²) in [6.45, 7) is 0. The molecule has 0 amide bonds. The molecule has 0 aliphatic carbocycles. The van der Waals surface area contributed by atoms with Crippen LogP contribution in [-0.2, 0) is 0 Å². The molecule has 0 rings (SSSR count). The summed E-state index contributed by atoms with van der Waals surface area (Å²) in [4.78, 5) is 0. The van der Waals surface area contributed by atoms with E-state index in [1.165, 1.54) is 0 Å². The van der Waals surface area contributed by atoms with Crippen LogP contribution in [0.15, 0.2) is 0 Å². The van der Waals surface area contributed by atoms with Crippen LogP contribution in [0.1, 0.15) is 0 Å². The first-order valence-corrected chi connectivity index (χ1v) is 0. The summed E-state index contributed by atoms with van der Waals surface area (Å²) in [6.07, 6.45) is 0. The third kappa shape index (κ3) is 20.3. The molecular weight excluding hydrogens is 363 g/mol. The quantitative estimate of drug-likeness (QED) is 0.375. The molecular formula is H10Ge5. The van der Waals surface area contributed by atoms with Crippen molar-refractivity contribution in [3.63, 3.8) is 0 Å². The van der Waals surface area contributed by atoms with E-state index in [1.54, 1.807) is 0 Å². The molecule has 0 saturated carbocycles. The zero-order valence-electron chi connectivity index (χ0n) is 3.54. The van der Waals surface area contributed by atoms with E-state index >= 15 is 0 Å². The van der Waals surface area contributed by atoms with Crippen molar-refractivity contribution < 1.29 is 0 Å². The minimum atomic E-state index is 0. The molecule has 5 heteroatoms. The molecule has 0 N–H and O–H groups in total. The maximum atomic E-state index is 0. The topological polar surface area (TPSA) is 0 Å². The molecule has 0 aromatic heterocycles. The van der Waals surface area contributed by atoms with Crippen LogP contribution in [0.2, 0.25) is 0 Å². The summed E-state index contributed by atoms with van der Waals surface area (Å²) < 4.78 is 0. The average Bonchev–Trinajstić information content (AvgIpc) is 0. The molecule has 0 spiro atoms. The fraction of sp³-hybridized carbons (Fsp3) is 0. The first-order chi connectivity index (χ1) is 0. The van der Waals surface area contributed by atoms with Crippen LogP contribution < -0.4 is 0 Å². The van der Waals surface area contributed by atoms with E-state index in [-0.39, 0.29) is 88.0 Å². The van der Waals surface area contributed by atoms with Gasteiger partial charge in [0.2, 0.25) is 0 Å². The Labute approximate surface area is 86.9 Å². The third-order valence-electron chi connectivity index (χ3n) is 0. The predicted molar refractivity (Wildman–Crippen MR) is 42.7 cm³/mol. The van der Waals surface area contributed by atoms with Crippen LogP contribution in [0.5, 0.6) is 0 Å². The number of rotatable bonds is 0. The van der Waals surface area contributed by atoms with Crippen molar-refractivity contribution in [3.8, 4) is 0 Å². The Kier molecular flexibility index (Phi) is 281. The van der Waals surface area contributed by atoms with Crippen molar-refractivity contribution in [2.24, 2.45) is 0 Å². The normalized spacial score (nSPS) is 0. The molecule has 0 aromatic carbocycles. The Bertz CT molecular complexity index is 0. The Morgan fingerprint density at radius 3 is 0.200 bits per heavy atom. The van der Waals surface area contributed by atoms with Crippen LogP contribution in [-0.4, -0.2) is 88.0 Å². The van der Waals surface area contributed by atoms with Crippen LogP contribution in [0.3, 0.4) is 0 Å². The molecule has 0 saturated heterocycles. The van der Waals surface area contributed by atoms with E-state index in [0.717, 1.165) is 0 Å². The van der Waals surface area contributed by atoms with Crippen LogP contribution in [0.4, 0.5) is 0 Å². The molecule has 0 bridgehead atoms. The van der Waals surface area contributed by atoms with Gasteiger partial charge in [-0.25, -0.2) is 0 Å². The third-order valence-corrected chi connectivity index (χ3v) is 0. The second-order valence-electron chi connectivity index (χ2n) is 0. The van der Waals surface area contributed by atoms with Crippen molar-refractivity contribution in [3.05, 3.63) is 0 Å². The first kappa shape index (κ1) is 47.2. The summed E-state index contributed by atoms with van der Waals surface area (Å²) in [5.41, 5.74) is 0. The molecule has 30 valence electrons. The Hall–Kier alpha value is 2.71. The average molecular weight is 373 g/mol. The summed E-state index contributed by atoms with van der Waals surface area (Å²) in [6, 6.07) is 0. The molecule has 0 aromatic rings. The fourth-order valence-electron chi connectivity index (χ4n) is 0. The fourth-order valence-corrected chi connectivity index (χ4v) is 0. The van der Waals surface area contributed by atoms with Gasteiger partial charge >= 0.3 is 88.0 Å². The van der Waals surface area contributed by atoms with Gasteiger partial charge in [-0.3, -0.25) is 0 Å². The van der Waals surface area contributed by atoms with Crippen LogP contribution >= 0.6 is 0 Å². The van der Waals surface area contributed by atoms with Gasteiger partial charge in [-0.2, -0.15) is 0 Å². The van der Waals surface area contributed by atoms with Gasteiger partial charge in [0.1, 0.15) is 0 Å². The van der Waals surface area contributed by atoms with Gasteiger partial charge in [-0.1, -0.05) is 0 Å². The molecule has 10 radical (unpaired) electrons.